The Morgan fingerprint density at radius 3 is 3.07 bits per heavy atom. The van der Waals surface area contributed by atoms with Crippen molar-refractivity contribution in [3.05, 3.63) is 16.0 Å². The topological polar surface area (TPSA) is 39.1 Å². The number of nitrogens with zero attached hydrogens (tertiary/aromatic N) is 2. The van der Waals surface area contributed by atoms with E-state index in [0.717, 1.165) is 32.7 Å². The minimum atomic E-state index is 0.826. The van der Waals surface area contributed by atoms with Crippen molar-refractivity contribution in [1.29, 1.82) is 0 Å². The second-order valence-electron chi connectivity index (χ2n) is 3.02. The van der Waals surface area contributed by atoms with Crippen LogP contribution in [0.25, 0.3) is 0 Å². The van der Waals surface area contributed by atoms with E-state index in [4.69, 9.17) is 4.74 Å². The number of methoxy groups -OCH3 is 1. The fraction of sp³-hybridized carbons (Fsp3) is 0.667. The van der Waals surface area contributed by atoms with Gasteiger partial charge in [0.25, 0.3) is 0 Å². The highest BCUT2D eigenvalue weighted by molar-refractivity contribution is 14.1. The van der Waals surface area contributed by atoms with Crippen molar-refractivity contribution in [2.45, 2.75) is 13.0 Å². The minimum Gasteiger partial charge on any atom is -0.385 e. The molecule has 0 saturated heterocycles. The average molecular weight is 309 g/mol. The van der Waals surface area contributed by atoms with Crippen LogP contribution in [0.2, 0.25) is 0 Å². The minimum absolute atomic E-state index is 0.826. The Hall–Kier alpha value is -0.140. The SMILES string of the molecule is COCCCNCCn1cc(I)cn1. The van der Waals surface area contributed by atoms with E-state index >= 15 is 0 Å². The maximum Gasteiger partial charge on any atom is 0.0623 e. The molecule has 0 aliphatic rings. The van der Waals surface area contributed by atoms with Crippen LogP contribution in [-0.2, 0) is 11.3 Å². The first kappa shape index (κ1) is 11.9. The molecule has 0 unspecified atom stereocenters. The van der Waals surface area contributed by atoms with Crippen LogP contribution in [0.1, 0.15) is 6.42 Å². The van der Waals surface area contributed by atoms with Gasteiger partial charge < -0.3 is 10.1 Å². The quantitative estimate of drug-likeness (QED) is 0.606. The van der Waals surface area contributed by atoms with Gasteiger partial charge in [-0.25, -0.2) is 0 Å². The third-order valence-corrected chi connectivity index (χ3v) is 2.38. The van der Waals surface area contributed by atoms with Gasteiger partial charge in [-0.1, -0.05) is 0 Å². The van der Waals surface area contributed by atoms with E-state index in [1.165, 1.54) is 3.57 Å². The first-order valence-corrected chi connectivity index (χ1v) is 5.78. The predicted molar refractivity (Wildman–Crippen MR) is 64.3 cm³/mol. The van der Waals surface area contributed by atoms with Crippen LogP contribution >= 0.6 is 22.6 Å². The molecule has 14 heavy (non-hydrogen) atoms. The van der Waals surface area contributed by atoms with Crippen LogP contribution in [0, 0.1) is 3.57 Å². The fourth-order valence-corrected chi connectivity index (χ4v) is 1.57. The average Bonchev–Trinajstić information content (AvgIpc) is 2.58. The van der Waals surface area contributed by atoms with Crippen LogP contribution in [-0.4, -0.2) is 36.6 Å². The van der Waals surface area contributed by atoms with Gasteiger partial charge in [0.1, 0.15) is 0 Å². The van der Waals surface area contributed by atoms with Gasteiger partial charge in [0.05, 0.1) is 16.3 Å². The van der Waals surface area contributed by atoms with Crippen molar-refractivity contribution < 1.29 is 4.74 Å². The Morgan fingerprint density at radius 1 is 1.57 bits per heavy atom. The monoisotopic (exact) mass is 309 g/mol. The van der Waals surface area contributed by atoms with Gasteiger partial charge in [0.2, 0.25) is 0 Å². The number of hydrogen-bond acceptors (Lipinski definition) is 3. The Morgan fingerprint density at radius 2 is 2.43 bits per heavy atom. The number of ether oxygens (including phenoxy) is 1. The summed E-state index contributed by atoms with van der Waals surface area (Å²) < 4.78 is 8.08. The van der Waals surface area contributed by atoms with E-state index in [1.54, 1.807) is 7.11 Å². The van der Waals surface area contributed by atoms with Crippen molar-refractivity contribution in [3.63, 3.8) is 0 Å². The molecule has 0 fully saturated rings. The van der Waals surface area contributed by atoms with Crippen molar-refractivity contribution >= 4 is 22.6 Å². The van der Waals surface area contributed by atoms with E-state index in [2.05, 4.69) is 33.0 Å². The Labute approximate surface area is 98.2 Å². The molecule has 1 aromatic rings. The lowest BCUT2D eigenvalue weighted by Gasteiger charge is -2.04. The largest absolute Gasteiger partial charge is 0.385 e. The standard InChI is InChI=1S/C9H16IN3O/c1-14-6-2-3-11-4-5-13-8-9(10)7-12-13/h7-8,11H,2-6H2,1H3. The lowest BCUT2D eigenvalue weighted by molar-refractivity contribution is 0.194. The third-order valence-electron chi connectivity index (χ3n) is 1.82. The molecule has 0 aliphatic heterocycles. The van der Waals surface area contributed by atoms with Gasteiger partial charge in [0, 0.05) is 26.5 Å². The van der Waals surface area contributed by atoms with Crippen molar-refractivity contribution in [2.75, 3.05) is 26.8 Å². The van der Waals surface area contributed by atoms with Gasteiger partial charge >= 0.3 is 0 Å². The van der Waals surface area contributed by atoms with Gasteiger partial charge in [-0.05, 0) is 35.6 Å². The molecule has 0 spiro atoms. The van der Waals surface area contributed by atoms with Crippen molar-refractivity contribution in [1.82, 2.24) is 15.1 Å². The number of hydrogen-bond donors (Lipinski definition) is 1. The van der Waals surface area contributed by atoms with Crippen LogP contribution in [0.3, 0.4) is 0 Å². The molecule has 1 aromatic heterocycles. The third kappa shape index (κ3) is 4.92. The molecule has 0 bridgehead atoms. The normalized spacial score (nSPS) is 10.7. The van der Waals surface area contributed by atoms with Gasteiger partial charge in [0.15, 0.2) is 0 Å². The van der Waals surface area contributed by atoms with Crippen LogP contribution in [0.4, 0.5) is 0 Å². The van der Waals surface area contributed by atoms with E-state index in [9.17, 15) is 0 Å². The summed E-state index contributed by atoms with van der Waals surface area (Å²) in [5.41, 5.74) is 0. The highest BCUT2D eigenvalue weighted by Gasteiger charge is 1.93. The van der Waals surface area contributed by atoms with Gasteiger partial charge in [-0.2, -0.15) is 5.10 Å². The van der Waals surface area contributed by atoms with E-state index in [-0.39, 0.29) is 0 Å². The summed E-state index contributed by atoms with van der Waals surface area (Å²) in [6, 6.07) is 0. The smallest absolute Gasteiger partial charge is 0.0623 e. The summed E-state index contributed by atoms with van der Waals surface area (Å²) >= 11 is 2.26. The van der Waals surface area contributed by atoms with Crippen molar-refractivity contribution in [2.24, 2.45) is 0 Å². The number of aromatic nitrogens is 2. The Kier molecular flexibility index (Phi) is 6.13. The van der Waals surface area contributed by atoms with E-state index < -0.39 is 0 Å². The Balaban J connectivity index is 1.99. The van der Waals surface area contributed by atoms with Crippen molar-refractivity contribution in [3.8, 4) is 0 Å². The fourth-order valence-electron chi connectivity index (χ4n) is 1.12. The molecule has 1 rings (SSSR count). The first-order chi connectivity index (χ1) is 6.83. The lowest BCUT2D eigenvalue weighted by Crippen LogP contribution is -2.22. The molecule has 0 amide bonds. The van der Waals surface area contributed by atoms with Crippen LogP contribution in [0.5, 0.6) is 0 Å². The summed E-state index contributed by atoms with van der Waals surface area (Å²) in [4.78, 5) is 0. The second kappa shape index (κ2) is 7.19. The summed E-state index contributed by atoms with van der Waals surface area (Å²) in [5, 5.41) is 7.53. The second-order valence-corrected chi connectivity index (χ2v) is 4.26. The maximum absolute atomic E-state index is 4.95. The zero-order valence-electron chi connectivity index (χ0n) is 8.37. The lowest BCUT2D eigenvalue weighted by atomic mass is 10.4. The molecule has 4 nitrogen and oxygen atoms in total. The summed E-state index contributed by atoms with van der Waals surface area (Å²) in [6.45, 7) is 3.72. The summed E-state index contributed by atoms with van der Waals surface area (Å²) in [5.74, 6) is 0. The number of rotatable bonds is 7. The van der Waals surface area contributed by atoms with Crippen LogP contribution < -0.4 is 5.32 Å². The first-order valence-electron chi connectivity index (χ1n) is 4.70. The van der Waals surface area contributed by atoms with Crippen LogP contribution in [0.15, 0.2) is 12.4 Å². The highest BCUT2D eigenvalue weighted by atomic mass is 127. The Bertz CT molecular complexity index is 252. The molecular weight excluding hydrogens is 293 g/mol. The zero-order chi connectivity index (χ0) is 10.2. The van der Waals surface area contributed by atoms with E-state index in [1.807, 2.05) is 17.1 Å². The molecule has 80 valence electrons. The van der Waals surface area contributed by atoms with E-state index in [0.29, 0.717) is 0 Å². The van der Waals surface area contributed by atoms with Gasteiger partial charge in [-0.3, -0.25) is 4.68 Å². The molecule has 5 heteroatoms. The molecule has 0 aromatic carbocycles. The number of halogens is 1. The maximum atomic E-state index is 4.95. The summed E-state index contributed by atoms with van der Waals surface area (Å²) in [7, 11) is 1.73. The molecule has 0 aliphatic carbocycles. The number of nitrogens with one attached hydrogen (secondary N) is 1. The molecule has 0 saturated carbocycles. The molecular formula is C9H16IN3O. The molecule has 0 atom stereocenters. The molecule has 1 heterocycles. The highest BCUT2D eigenvalue weighted by Crippen LogP contribution is 2.00. The predicted octanol–water partition coefficient (Wildman–Crippen LogP) is 1.11. The summed E-state index contributed by atoms with van der Waals surface area (Å²) in [6.07, 6.45) is 4.97. The molecule has 0 radical (unpaired) electrons. The zero-order valence-corrected chi connectivity index (χ0v) is 10.5. The van der Waals surface area contributed by atoms with Gasteiger partial charge in [-0.15, -0.1) is 0 Å². The molecule has 1 N–H and O–H groups in total.